The molecule has 1 amide bonds. The van der Waals surface area contributed by atoms with Crippen molar-refractivity contribution in [2.75, 3.05) is 6.54 Å². The second-order valence-electron chi connectivity index (χ2n) is 4.68. The zero-order chi connectivity index (χ0) is 12.2. The van der Waals surface area contributed by atoms with E-state index in [-0.39, 0.29) is 23.6 Å². The Morgan fingerprint density at radius 1 is 1.38 bits per heavy atom. The lowest BCUT2D eigenvalue weighted by molar-refractivity contribution is -0.125. The fraction of sp³-hybridized carbons (Fsp3) is 0.917. The molecular weight excluding hydrogens is 204 g/mol. The molecule has 0 aromatic rings. The molecule has 1 rings (SSSR count). The van der Waals surface area contributed by atoms with Crippen molar-refractivity contribution < 1.29 is 9.90 Å². The van der Waals surface area contributed by atoms with E-state index < -0.39 is 0 Å². The van der Waals surface area contributed by atoms with E-state index in [4.69, 9.17) is 0 Å². The van der Waals surface area contributed by atoms with Gasteiger partial charge in [-0.1, -0.05) is 20.8 Å². The lowest BCUT2D eigenvalue weighted by Gasteiger charge is -2.33. The number of carbonyl (C=O) groups is 1. The molecule has 0 aromatic heterocycles. The number of nitrogens with one attached hydrogen (secondary N) is 2. The Balaban J connectivity index is 2.55. The quantitative estimate of drug-likeness (QED) is 0.652. The Kier molecular flexibility index (Phi) is 4.74. The number of amides is 1. The van der Waals surface area contributed by atoms with E-state index in [1.54, 1.807) is 0 Å². The smallest absolute Gasteiger partial charge is 0.237 e. The highest BCUT2D eigenvalue weighted by Gasteiger charge is 2.33. The molecule has 1 aliphatic heterocycles. The minimum absolute atomic E-state index is 0.0297. The second-order valence-corrected chi connectivity index (χ2v) is 4.68. The van der Waals surface area contributed by atoms with Gasteiger partial charge < -0.3 is 15.7 Å². The van der Waals surface area contributed by atoms with E-state index in [1.165, 1.54) is 0 Å². The lowest BCUT2D eigenvalue weighted by Crippen LogP contribution is -2.52. The molecule has 1 heterocycles. The van der Waals surface area contributed by atoms with Crippen LogP contribution < -0.4 is 10.6 Å². The van der Waals surface area contributed by atoms with Crippen LogP contribution in [-0.2, 0) is 4.79 Å². The largest absolute Gasteiger partial charge is 0.392 e. The van der Waals surface area contributed by atoms with Crippen molar-refractivity contribution in [2.45, 2.75) is 64.1 Å². The van der Waals surface area contributed by atoms with Gasteiger partial charge in [-0.2, -0.15) is 0 Å². The van der Waals surface area contributed by atoms with Gasteiger partial charge in [-0.3, -0.25) is 4.79 Å². The number of hydrogen-bond donors (Lipinski definition) is 3. The Bertz CT molecular complexity index is 231. The van der Waals surface area contributed by atoms with Crippen molar-refractivity contribution in [1.29, 1.82) is 0 Å². The molecular formula is C12H24N2O2. The van der Waals surface area contributed by atoms with Crippen LogP contribution in [0.25, 0.3) is 0 Å². The second kappa shape index (κ2) is 5.64. The monoisotopic (exact) mass is 228 g/mol. The fourth-order valence-electron chi connectivity index (χ4n) is 2.28. The summed E-state index contributed by atoms with van der Waals surface area (Å²) in [7, 11) is 0. The number of carbonyl (C=O) groups excluding carboxylic acids is 1. The van der Waals surface area contributed by atoms with Crippen molar-refractivity contribution in [2.24, 2.45) is 0 Å². The van der Waals surface area contributed by atoms with Crippen LogP contribution in [0.15, 0.2) is 0 Å². The van der Waals surface area contributed by atoms with Crippen LogP contribution in [-0.4, -0.2) is 35.2 Å². The molecule has 0 aliphatic carbocycles. The van der Waals surface area contributed by atoms with Crippen LogP contribution in [0.1, 0.15) is 46.5 Å². The molecule has 0 bridgehead atoms. The van der Waals surface area contributed by atoms with Crippen LogP contribution in [0.3, 0.4) is 0 Å². The highest BCUT2D eigenvalue weighted by molar-refractivity contribution is 5.82. The summed E-state index contributed by atoms with van der Waals surface area (Å²) >= 11 is 0. The normalized spacial score (nSPS) is 25.8. The summed E-state index contributed by atoms with van der Waals surface area (Å²) in [6, 6.07) is -0.223. The first-order valence-corrected chi connectivity index (χ1v) is 6.30. The summed E-state index contributed by atoms with van der Waals surface area (Å²) in [6.45, 7) is 6.83. The minimum Gasteiger partial charge on any atom is -0.392 e. The Hall–Kier alpha value is -0.610. The van der Waals surface area contributed by atoms with Gasteiger partial charge in [-0.05, 0) is 25.7 Å². The molecule has 0 aromatic carbocycles. The zero-order valence-electron chi connectivity index (χ0n) is 10.5. The van der Waals surface area contributed by atoms with Crippen LogP contribution in [0.5, 0.6) is 0 Å². The zero-order valence-corrected chi connectivity index (χ0v) is 10.5. The Labute approximate surface area is 97.8 Å². The van der Waals surface area contributed by atoms with Crippen molar-refractivity contribution in [3.05, 3.63) is 0 Å². The molecule has 1 aliphatic rings. The summed E-state index contributed by atoms with van der Waals surface area (Å²) in [4.78, 5) is 12.0. The average Bonchev–Trinajstić information content (AvgIpc) is 2.73. The molecule has 4 nitrogen and oxygen atoms in total. The number of hydrogen-bond acceptors (Lipinski definition) is 3. The van der Waals surface area contributed by atoms with Crippen molar-refractivity contribution >= 4 is 5.91 Å². The highest BCUT2D eigenvalue weighted by Crippen LogP contribution is 2.20. The summed E-state index contributed by atoms with van der Waals surface area (Å²) in [5.41, 5.74) is -0.0771. The summed E-state index contributed by atoms with van der Waals surface area (Å²) in [5, 5.41) is 15.5. The van der Waals surface area contributed by atoms with E-state index in [2.05, 4.69) is 31.4 Å². The SMILES string of the molecule is CCC(CC)(CC)NC(=O)C1CC(O)CN1. The minimum atomic E-state index is -0.380. The van der Waals surface area contributed by atoms with Gasteiger partial charge >= 0.3 is 0 Å². The van der Waals surface area contributed by atoms with Crippen molar-refractivity contribution in [3.63, 3.8) is 0 Å². The van der Waals surface area contributed by atoms with Gasteiger partial charge in [0.05, 0.1) is 12.1 Å². The van der Waals surface area contributed by atoms with Crippen LogP contribution in [0.2, 0.25) is 0 Å². The molecule has 2 unspecified atom stereocenters. The first-order valence-electron chi connectivity index (χ1n) is 6.30. The first-order chi connectivity index (χ1) is 7.56. The summed E-state index contributed by atoms with van der Waals surface area (Å²) in [6.07, 6.45) is 2.98. The molecule has 1 fully saturated rings. The molecule has 0 saturated carbocycles. The van der Waals surface area contributed by atoms with Gasteiger partial charge in [0.2, 0.25) is 5.91 Å². The molecule has 4 heteroatoms. The van der Waals surface area contributed by atoms with Gasteiger partial charge in [0, 0.05) is 12.1 Å². The maximum Gasteiger partial charge on any atom is 0.237 e. The molecule has 3 N–H and O–H groups in total. The standard InChI is InChI=1S/C12H24N2O2/c1-4-12(5-2,6-3)14-11(16)10-7-9(15)8-13-10/h9-10,13,15H,4-8H2,1-3H3,(H,14,16). The van der Waals surface area contributed by atoms with Gasteiger partial charge in [0.1, 0.15) is 0 Å². The van der Waals surface area contributed by atoms with Crippen LogP contribution >= 0.6 is 0 Å². The Morgan fingerprint density at radius 3 is 2.31 bits per heavy atom. The maximum atomic E-state index is 12.0. The van der Waals surface area contributed by atoms with Gasteiger partial charge in [-0.25, -0.2) is 0 Å². The molecule has 0 spiro atoms. The predicted molar refractivity (Wildman–Crippen MR) is 64.2 cm³/mol. The van der Waals surface area contributed by atoms with Gasteiger partial charge in [0.25, 0.3) is 0 Å². The average molecular weight is 228 g/mol. The number of aliphatic hydroxyl groups excluding tert-OH is 1. The van der Waals surface area contributed by atoms with E-state index >= 15 is 0 Å². The van der Waals surface area contributed by atoms with Crippen molar-refractivity contribution in [1.82, 2.24) is 10.6 Å². The van der Waals surface area contributed by atoms with Crippen LogP contribution in [0.4, 0.5) is 0 Å². The summed E-state index contributed by atoms with van der Waals surface area (Å²) in [5.74, 6) is 0.0297. The highest BCUT2D eigenvalue weighted by atomic mass is 16.3. The third kappa shape index (κ3) is 2.95. The lowest BCUT2D eigenvalue weighted by atomic mass is 9.89. The van der Waals surface area contributed by atoms with E-state index in [9.17, 15) is 9.90 Å². The van der Waals surface area contributed by atoms with E-state index in [0.717, 1.165) is 19.3 Å². The van der Waals surface area contributed by atoms with E-state index in [0.29, 0.717) is 13.0 Å². The topological polar surface area (TPSA) is 61.4 Å². The number of aliphatic hydroxyl groups is 1. The van der Waals surface area contributed by atoms with Crippen LogP contribution in [0, 0.1) is 0 Å². The third-order valence-corrected chi connectivity index (χ3v) is 3.84. The van der Waals surface area contributed by atoms with Crippen molar-refractivity contribution in [3.8, 4) is 0 Å². The molecule has 16 heavy (non-hydrogen) atoms. The predicted octanol–water partition coefficient (Wildman–Crippen LogP) is 0.794. The number of β-amino-alcohol motifs (C(OH)–C–C–N with tert-alkyl or cyclic N) is 1. The third-order valence-electron chi connectivity index (χ3n) is 3.84. The molecule has 2 atom stereocenters. The van der Waals surface area contributed by atoms with Gasteiger partial charge in [0.15, 0.2) is 0 Å². The summed E-state index contributed by atoms with van der Waals surface area (Å²) < 4.78 is 0. The molecule has 0 radical (unpaired) electrons. The molecule has 1 saturated heterocycles. The first kappa shape index (κ1) is 13.5. The molecule has 94 valence electrons. The van der Waals surface area contributed by atoms with Gasteiger partial charge in [-0.15, -0.1) is 0 Å². The number of rotatable bonds is 5. The maximum absolute atomic E-state index is 12.0. The fourth-order valence-corrected chi connectivity index (χ4v) is 2.28. The van der Waals surface area contributed by atoms with E-state index in [1.807, 2.05) is 0 Å². The Morgan fingerprint density at radius 2 is 1.94 bits per heavy atom.